The summed E-state index contributed by atoms with van der Waals surface area (Å²) in [6, 6.07) is 9.39. The molecule has 0 spiro atoms. The third-order valence-electron chi connectivity index (χ3n) is 3.83. The van der Waals surface area contributed by atoms with Crippen molar-refractivity contribution in [3.8, 4) is 6.07 Å². The van der Waals surface area contributed by atoms with Gasteiger partial charge in [-0.05, 0) is 32.8 Å². The van der Waals surface area contributed by atoms with Crippen molar-refractivity contribution in [2.45, 2.75) is 33.1 Å². The van der Waals surface area contributed by atoms with Gasteiger partial charge in [0.15, 0.2) is 5.41 Å². The minimum atomic E-state index is -1.81. The number of carbonyl (C=O) groups is 2. The third-order valence-corrected chi connectivity index (χ3v) is 3.83. The van der Waals surface area contributed by atoms with E-state index in [0.29, 0.717) is 5.56 Å². The summed E-state index contributed by atoms with van der Waals surface area (Å²) in [6.45, 7) is 8.95. The fourth-order valence-corrected chi connectivity index (χ4v) is 2.63. The summed E-state index contributed by atoms with van der Waals surface area (Å²) in [5.41, 5.74) is -0.284. The van der Waals surface area contributed by atoms with Crippen LogP contribution in [0.25, 0.3) is 5.01 Å². The first-order valence-electron chi connectivity index (χ1n) is 8.07. The third kappa shape index (κ3) is 4.38. The van der Waals surface area contributed by atoms with Crippen LogP contribution in [0.15, 0.2) is 36.9 Å². The molecule has 0 saturated heterocycles. The van der Waals surface area contributed by atoms with Gasteiger partial charge >= 0.3 is 18.0 Å². The average Bonchev–Trinajstić information content (AvgIpc) is 2.59. The lowest BCUT2D eigenvalue weighted by Crippen LogP contribution is -2.46. The normalized spacial score (nSPS) is 11.6. The Kier molecular flexibility index (Phi) is 7.67. The van der Waals surface area contributed by atoms with Gasteiger partial charge in [0.25, 0.3) is 0 Å². The topological polar surface area (TPSA) is 80.0 Å². The van der Waals surface area contributed by atoms with Crippen molar-refractivity contribution in [3.05, 3.63) is 58.3 Å². The number of nitrogens with zero attached hydrogens (tertiary/aromatic N) is 1. The van der Waals surface area contributed by atoms with Gasteiger partial charge in [0.1, 0.15) is 5.92 Å². The zero-order chi connectivity index (χ0) is 18.9. The maximum Gasteiger partial charge on any atom is 0.325 e. The molecule has 1 rings (SSSR count). The molecule has 1 aromatic rings. The van der Waals surface area contributed by atoms with Crippen molar-refractivity contribution in [2.24, 2.45) is 5.41 Å². The highest BCUT2D eigenvalue weighted by Gasteiger charge is 2.57. The van der Waals surface area contributed by atoms with Gasteiger partial charge in [0.05, 0.1) is 13.2 Å². The lowest BCUT2D eigenvalue weighted by molar-refractivity contribution is -0.172. The molecule has 0 aliphatic rings. The SMILES string of the molecule is C=CCC(C(=O)OCC)(C(=O)OCC)C(C#[N+][O-])c1ccc(C)cc1. The first-order chi connectivity index (χ1) is 12.0. The summed E-state index contributed by atoms with van der Waals surface area (Å²) in [4.78, 5) is 25.5. The Labute approximate surface area is 147 Å². The van der Waals surface area contributed by atoms with Gasteiger partial charge in [0.2, 0.25) is 0 Å². The molecular weight excluding hydrogens is 322 g/mol. The van der Waals surface area contributed by atoms with Crippen LogP contribution in [0.3, 0.4) is 0 Å². The second kappa shape index (κ2) is 9.48. The summed E-state index contributed by atoms with van der Waals surface area (Å²) in [5, 5.41) is 13.7. The van der Waals surface area contributed by atoms with Gasteiger partial charge in [-0.25, -0.2) is 0 Å². The molecule has 0 aliphatic carbocycles. The zero-order valence-corrected chi connectivity index (χ0v) is 14.8. The molecule has 1 aromatic carbocycles. The van der Waals surface area contributed by atoms with Crippen LogP contribution in [0.5, 0.6) is 0 Å². The lowest BCUT2D eigenvalue weighted by atomic mass is 9.70. The van der Waals surface area contributed by atoms with E-state index in [0.717, 1.165) is 5.56 Å². The lowest BCUT2D eigenvalue weighted by Gasteiger charge is -2.30. The second-order valence-electron chi connectivity index (χ2n) is 5.47. The summed E-state index contributed by atoms with van der Waals surface area (Å²) in [7, 11) is 0. The van der Waals surface area contributed by atoms with Crippen LogP contribution in [-0.2, 0) is 19.1 Å². The Morgan fingerprint density at radius 3 is 2.16 bits per heavy atom. The van der Waals surface area contributed by atoms with Crippen LogP contribution < -0.4 is 0 Å². The second-order valence-corrected chi connectivity index (χ2v) is 5.47. The Morgan fingerprint density at radius 2 is 1.76 bits per heavy atom. The van der Waals surface area contributed by atoms with Gasteiger partial charge in [-0.1, -0.05) is 35.9 Å². The van der Waals surface area contributed by atoms with Crippen molar-refractivity contribution in [1.82, 2.24) is 0 Å². The average molecular weight is 345 g/mol. The fraction of sp³-hybridized carbons (Fsp3) is 0.421. The summed E-state index contributed by atoms with van der Waals surface area (Å²) in [6.07, 6.45) is 1.34. The van der Waals surface area contributed by atoms with Crippen LogP contribution >= 0.6 is 0 Å². The molecule has 1 atom stereocenters. The molecule has 0 bridgehead atoms. The quantitative estimate of drug-likeness (QED) is 0.311. The van der Waals surface area contributed by atoms with Crippen molar-refractivity contribution < 1.29 is 19.1 Å². The monoisotopic (exact) mass is 345 g/mol. The minimum Gasteiger partial charge on any atom is -0.498 e. The smallest absolute Gasteiger partial charge is 0.325 e. The number of allylic oxidation sites excluding steroid dienone is 1. The molecule has 0 heterocycles. The summed E-state index contributed by atoms with van der Waals surface area (Å²) < 4.78 is 10.3. The number of carbonyl (C=O) groups excluding carboxylic acids is 2. The molecule has 0 aliphatic heterocycles. The molecule has 6 nitrogen and oxygen atoms in total. The Balaban J connectivity index is 3.62. The number of hydrogen-bond donors (Lipinski definition) is 0. The number of esters is 2. The Morgan fingerprint density at radius 1 is 1.24 bits per heavy atom. The van der Waals surface area contributed by atoms with Gasteiger partial charge in [0, 0.05) is 5.01 Å². The first kappa shape index (κ1) is 20.2. The van der Waals surface area contributed by atoms with Crippen LogP contribution in [-0.4, -0.2) is 25.2 Å². The van der Waals surface area contributed by atoms with Gasteiger partial charge < -0.3 is 14.7 Å². The van der Waals surface area contributed by atoms with E-state index in [-0.39, 0.29) is 19.6 Å². The molecule has 1 unspecified atom stereocenters. The van der Waals surface area contributed by atoms with Gasteiger partial charge in [-0.15, -0.1) is 6.58 Å². The van der Waals surface area contributed by atoms with Gasteiger partial charge in [-0.2, -0.15) is 0 Å². The number of hydrogen-bond acceptors (Lipinski definition) is 5. The van der Waals surface area contributed by atoms with Crippen LogP contribution in [0.1, 0.15) is 37.3 Å². The Hall–Kier alpha value is -2.81. The summed E-state index contributed by atoms with van der Waals surface area (Å²) in [5.74, 6) is -2.65. The number of ether oxygens (including phenoxy) is 2. The Bertz CT molecular complexity index is 651. The van der Waals surface area contributed by atoms with E-state index in [1.807, 2.05) is 19.1 Å². The molecule has 0 radical (unpaired) electrons. The van der Waals surface area contributed by atoms with Crippen molar-refractivity contribution >= 4 is 11.9 Å². The maximum absolute atomic E-state index is 12.8. The van der Waals surface area contributed by atoms with Crippen LogP contribution in [0.2, 0.25) is 0 Å². The van der Waals surface area contributed by atoms with Crippen molar-refractivity contribution in [3.63, 3.8) is 0 Å². The molecule has 0 saturated carbocycles. The van der Waals surface area contributed by atoms with E-state index in [1.54, 1.807) is 26.0 Å². The highest BCUT2D eigenvalue weighted by atomic mass is 16.6. The van der Waals surface area contributed by atoms with Crippen LogP contribution in [0, 0.1) is 23.6 Å². The van der Waals surface area contributed by atoms with E-state index in [2.05, 4.69) is 17.7 Å². The summed E-state index contributed by atoms with van der Waals surface area (Å²) >= 11 is 0. The predicted molar refractivity (Wildman–Crippen MR) is 95.0 cm³/mol. The standard InChI is InChI=1S/C19H23NO5/c1-5-12-19(17(21)24-6-2,18(22)25-7-3)16(13-20-23)15-10-8-14(4)9-11-15/h5,8-11,16H,1,6-7,12H2,2-4H3. The fourth-order valence-electron chi connectivity index (χ4n) is 2.63. The maximum atomic E-state index is 12.8. The highest BCUT2D eigenvalue weighted by molar-refractivity contribution is 6.02. The predicted octanol–water partition coefficient (Wildman–Crippen LogP) is 3.60. The largest absolute Gasteiger partial charge is 0.498 e. The molecule has 0 aromatic heterocycles. The minimum absolute atomic E-state index is 0.0757. The van der Waals surface area contributed by atoms with Gasteiger partial charge in [-0.3, -0.25) is 9.59 Å². The zero-order valence-electron chi connectivity index (χ0n) is 14.8. The molecule has 0 amide bonds. The van der Waals surface area contributed by atoms with Crippen LogP contribution in [0.4, 0.5) is 0 Å². The molecule has 134 valence electrons. The number of aryl methyl sites for hydroxylation is 1. The molecule has 6 heteroatoms. The number of benzene rings is 1. The van der Waals surface area contributed by atoms with E-state index in [4.69, 9.17) is 9.47 Å². The molecule has 0 N–H and O–H groups in total. The number of rotatable bonds is 8. The molecule has 0 fully saturated rings. The molecule has 25 heavy (non-hydrogen) atoms. The van der Waals surface area contributed by atoms with Crippen molar-refractivity contribution in [2.75, 3.05) is 13.2 Å². The highest BCUT2D eigenvalue weighted by Crippen LogP contribution is 2.42. The van der Waals surface area contributed by atoms with E-state index in [1.165, 1.54) is 6.08 Å². The van der Waals surface area contributed by atoms with E-state index < -0.39 is 23.3 Å². The first-order valence-corrected chi connectivity index (χ1v) is 8.07. The van der Waals surface area contributed by atoms with Crippen molar-refractivity contribution in [1.29, 1.82) is 0 Å². The molecular formula is C19H23NO5. The van der Waals surface area contributed by atoms with E-state index in [9.17, 15) is 14.8 Å². The van der Waals surface area contributed by atoms with E-state index >= 15 is 0 Å².